The first kappa shape index (κ1) is 32.6. The number of hydrogen-bond donors (Lipinski definition) is 0. The van der Waals surface area contributed by atoms with Crippen LogP contribution in [-0.2, 0) is 20.7 Å². The third-order valence-corrected chi connectivity index (χ3v) is 6.97. The molecule has 1 atom stereocenters. The third kappa shape index (κ3) is 9.55. The number of ether oxygens (including phenoxy) is 3. The van der Waals surface area contributed by atoms with Crippen LogP contribution in [0.1, 0.15) is 80.3 Å². The van der Waals surface area contributed by atoms with E-state index in [1.807, 2.05) is 20.8 Å². The molecule has 0 aromatic heterocycles. The van der Waals surface area contributed by atoms with Crippen LogP contribution in [0.4, 0.5) is 0 Å². The van der Waals surface area contributed by atoms with Gasteiger partial charge in [-0.2, -0.15) is 0 Å². The molecule has 0 saturated heterocycles. The van der Waals surface area contributed by atoms with Gasteiger partial charge in [0.2, 0.25) is 0 Å². The van der Waals surface area contributed by atoms with Crippen LogP contribution in [0.2, 0.25) is 0 Å². The molecule has 0 fully saturated rings. The highest BCUT2D eigenvalue weighted by atomic mass is 16.5. The van der Waals surface area contributed by atoms with Crippen molar-refractivity contribution in [3.8, 4) is 11.5 Å². The van der Waals surface area contributed by atoms with Gasteiger partial charge in [0, 0.05) is 17.6 Å². The highest BCUT2D eigenvalue weighted by Crippen LogP contribution is 2.30. The van der Waals surface area contributed by atoms with E-state index in [9.17, 15) is 9.59 Å². The van der Waals surface area contributed by atoms with E-state index in [1.165, 1.54) is 11.1 Å². The average molecular weight is 547 g/mol. The van der Waals surface area contributed by atoms with Gasteiger partial charge < -0.3 is 14.2 Å². The molecule has 0 heterocycles. The molecule has 2 aromatic rings. The fraction of sp³-hybridized carbons (Fsp3) is 0.429. The minimum atomic E-state index is -0.402. The Kier molecular flexibility index (Phi) is 12.4. The normalized spacial score (nSPS) is 12.1. The third-order valence-electron chi connectivity index (χ3n) is 6.97. The number of hydrogen-bond acceptors (Lipinski definition) is 5. The molecule has 216 valence electrons. The lowest BCUT2D eigenvalue weighted by Crippen LogP contribution is -2.17. The molecule has 0 aliphatic heterocycles. The Labute approximate surface area is 240 Å². The van der Waals surface area contributed by atoms with Crippen LogP contribution in [0, 0.1) is 33.6 Å². The van der Waals surface area contributed by atoms with Crippen molar-refractivity contribution in [1.82, 2.24) is 0 Å². The number of esters is 1. The highest BCUT2D eigenvalue weighted by Gasteiger charge is 2.16. The molecule has 40 heavy (non-hydrogen) atoms. The fourth-order valence-electron chi connectivity index (χ4n) is 4.54. The predicted octanol–water partition coefficient (Wildman–Crippen LogP) is 8.24. The SMILES string of the molecule is C=C(C)C(=O)CC(CC)COc1c(C)cc(Cc2cc(C)c(O/C=C(\CC)COC(=O)C(=C)C)c(C)c2)cc1C. The zero-order chi connectivity index (χ0) is 30.0. The van der Waals surface area contributed by atoms with Crippen molar-refractivity contribution in [2.75, 3.05) is 13.2 Å². The minimum Gasteiger partial charge on any atom is -0.493 e. The number of carbonyl (C=O) groups excluding carboxylic acids is 2. The summed E-state index contributed by atoms with van der Waals surface area (Å²) < 4.78 is 17.5. The molecular formula is C35H46O5. The smallest absolute Gasteiger partial charge is 0.333 e. The Balaban J connectivity index is 2.12. The zero-order valence-corrected chi connectivity index (χ0v) is 25.7. The summed E-state index contributed by atoms with van der Waals surface area (Å²) in [6.45, 7) is 23.8. The van der Waals surface area contributed by atoms with E-state index < -0.39 is 5.97 Å². The molecule has 0 aliphatic rings. The molecule has 2 rings (SSSR count). The van der Waals surface area contributed by atoms with E-state index in [0.29, 0.717) is 30.6 Å². The first-order valence-corrected chi connectivity index (χ1v) is 14.0. The standard InChI is InChI=1S/C35H46O5/c1-11-28(18-32(36)22(3)4)19-38-33-24(7)13-30(14-25(33)8)17-31-15-26(9)34(27(10)16-31)39-20-29(12-2)21-40-35(37)23(5)6/h13-16,20,28H,3,5,11-12,17-19,21H2,1-2,4,6-10H3/b29-20+. The summed E-state index contributed by atoms with van der Waals surface area (Å²) in [4.78, 5) is 23.8. The number of carbonyl (C=O) groups is 2. The first-order valence-electron chi connectivity index (χ1n) is 14.0. The monoisotopic (exact) mass is 546 g/mol. The average Bonchev–Trinajstić information content (AvgIpc) is 2.88. The zero-order valence-electron chi connectivity index (χ0n) is 25.7. The fourth-order valence-corrected chi connectivity index (χ4v) is 4.54. The Morgan fingerprint density at radius 2 is 1.38 bits per heavy atom. The quantitative estimate of drug-likeness (QED) is 0.128. The first-order chi connectivity index (χ1) is 18.9. The second-order valence-corrected chi connectivity index (χ2v) is 10.9. The van der Waals surface area contributed by atoms with Crippen molar-refractivity contribution in [2.45, 2.75) is 81.1 Å². The number of rotatable bonds is 15. The van der Waals surface area contributed by atoms with Crippen molar-refractivity contribution in [1.29, 1.82) is 0 Å². The van der Waals surface area contributed by atoms with Crippen LogP contribution < -0.4 is 9.47 Å². The van der Waals surface area contributed by atoms with E-state index in [4.69, 9.17) is 14.2 Å². The number of Topliss-reactive ketones (excluding diaryl/α,β-unsaturated/α-hetero) is 1. The maximum atomic E-state index is 12.1. The Morgan fingerprint density at radius 3 is 1.82 bits per heavy atom. The van der Waals surface area contributed by atoms with Crippen LogP contribution in [0.25, 0.3) is 0 Å². The highest BCUT2D eigenvalue weighted by molar-refractivity contribution is 5.94. The summed E-state index contributed by atoms with van der Waals surface area (Å²) in [5, 5.41) is 0. The Hall–Kier alpha value is -3.60. The maximum Gasteiger partial charge on any atom is 0.333 e. The molecule has 5 heteroatoms. The summed E-state index contributed by atoms with van der Waals surface area (Å²) in [6.07, 6.45) is 4.54. The molecule has 0 saturated carbocycles. The van der Waals surface area contributed by atoms with E-state index in [0.717, 1.165) is 52.2 Å². The summed E-state index contributed by atoms with van der Waals surface area (Å²) in [7, 11) is 0. The van der Waals surface area contributed by atoms with Crippen molar-refractivity contribution < 1.29 is 23.8 Å². The second kappa shape index (κ2) is 15.3. The number of allylic oxidation sites excluding steroid dienone is 1. The van der Waals surface area contributed by atoms with Gasteiger partial charge in [-0.1, -0.05) is 51.3 Å². The van der Waals surface area contributed by atoms with Gasteiger partial charge in [-0.25, -0.2) is 4.79 Å². The minimum absolute atomic E-state index is 0.104. The summed E-state index contributed by atoms with van der Waals surface area (Å²) in [5.74, 6) is 1.58. The molecule has 5 nitrogen and oxygen atoms in total. The maximum absolute atomic E-state index is 12.1. The van der Waals surface area contributed by atoms with Crippen LogP contribution in [0.3, 0.4) is 0 Å². The summed E-state index contributed by atoms with van der Waals surface area (Å²) in [5.41, 5.74) is 8.56. The van der Waals surface area contributed by atoms with E-state index >= 15 is 0 Å². The Bertz CT molecular complexity index is 1230. The van der Waals surface area contributed by atoms with Gasteiger partial charge in [0.25, 0.3) is 0 Å². The lowest BCUT2D eigenvalue weighted by Gasteiger charge is -2.19. The predicted molar refractivity (Wildman–Crippen MR) is 163 cm³/mol. The van der Waals surface area contributed by atoms with Crippen molar-refractivity contribution in [3.05, 3.63) is 93.8 Å². The Morgan fingerprint density at radius 1 is 0.850 bits per heavy atom. The lowest BCUT2D eigenvalue weighted by atomic mass is 9.96. The van der Waals surface area contributed by atoms with Gasteiger partial charge in [0.1, 0.15) is 18.1 Å². The van der Waals surface area contributed by atoms with Crippen LogP contribution in [-0.4, -0.2) is 25.0 Å². The molecular weight excluding hydrogens is 500 g/mol. The molecule has 0 aliphatic carbocycles. The van der Waals surface area contributed by atoms with E-state index in [-0.39, 0.29) is 18.3 Å². The van der Waals surface area contributed by atoms with Gasteiger partial charge >= 0.3 is 5.97 Å². The van der Waals surface area contributed by atoms with Crippen molar-refractivity contribution in [3.63, 3.8) is 0 Å². The van der Waals surface area contributed by atoms with Gasteiger partial charge in [-0.15, -0.1) is 0 Å². The van der Waals surface area contributed by atoms with Crippen LogP contribution >= 0.6 is 0 Å². The molecule has 0 bridgehead atoms. The molecule has 0 N–H and O–H groups in total. The topological polar surface area (TPSA) is 61.8 Å². The summed E-state index contributed by atoms with van der Waals surface area (Å²) in [6, 6.07) is 8.67. The molecule has 0 spiro atoms. The number of benzene rings is 2. The van der Waals surface area contributed by atoms with Gasteiger partial charge in [-0.3, -0.25) is 4.79 Å². The molecule has 1 unspecified atom stereocenters. The van der Waals surface area contributed by atoms with E-state index in [2.05, 4.69) is 58.2 Å². The second-order valence-electron chi connectivity index (χ2n) is 10.9. The van der Waals surface area contributed by atoms with Crippen LogP contribution in [0.15, 0.2) is 60.4 Å². The number of ketones is 1. The molecule has 0 radical (unpaired) electrons. The lowest BCUT2D eigenvalue weighted by molar-refractivity contribution is -0.138. The van der Waals surface area contributed by atoms with Crippen molar-refractivity contribution >= 4 is 11.8 Å². The molecule has 2 aromatic carbocycles. The summed E-state index contributed by atoms with van der Waals surface area (Å²) >= 11 is 0. The van der Waals surface area contributed by atoms with Gasteiger partial charge in [0.05, 0.1) is 12.9 Å². The number of aryl methyl sites for hydroxylation is 4. The van der Waals surface area contributed by atoms with Gasteiger partial charge in [0.15, 0.2) is 5.78 Å². The van der Waals surface area contributed by atoms with Gasteiger partial charge in [-0.05, 0) is 106 Å². The largest absolute Gasteiger partial charge is 0.493 e. The molecule has 0 amide bonds. The van der Waals surface area contributed by atoms with Crippen molar-refractivity contribution in [2.24, 2.45) is 5.92 Å². The van der Waals surface area contributed by atoms with Crippen LogP contribution in [0.5, 0.6) is 11.5 Å². The van der Waals surface area contributed by atoms with E-state index in [1.54, 1.807) is 20.1 Å².